The third-order valence-electron chi connectivity index (χ3n) is 2.77. The van der Waals surface area contributed by atoms with E-state index in [0.717, 1.165) is 18.0 Å². The molecule has 0 aliphatic carbocycles. The molecule has 0 aliphatic heterocycles. The van der Waals surface area contributed by atoms with E-state index >= 15 is 0 Å². The summed E-state index contributed by atoms with van der Waals surface area (Å²) in [5.41, 5.74) is 1.23. The topological polar surface area (TPSA) is 50.7 Å². The van der Waals surface area contributed by atoms with Gasteiger partial charge in [0.05, 0.1) is 25.9 Å². The number of rotatable bonds is 11. The highest BCUT2D eigenvalue weighted by molar-refractivity contribution is 6.30. The van der Waals surface area contributed by atoms with E-state index in [1.54, 1.807) is 0 Å². The molecular weight excluding hydrogens is 278 g/mol. The fourth-order valence-corrected chi connectivity index (χ4v) is 1.82. The van der Waals surface area contributed by atoms with Gasteiger partial charge in [-0.2, -0.15) is 0 Å². The summed E-state index contributed by atoms with van der Waals surface area (Å²) in [5, 5.41) is 13.7. The van der Waals surface area contributed by atoms with Crippen LogP contribution in [0.1, 0.15) is 12.5 Å². The molecule has 0 fully saturated rings. The summed E-state index contributed by atoms with van der Waals surface area (Å²) in [6, 6.07) is 7.80. The van der Waals surface area contributed by atoms with E-state index in [2.05, 4.69) is 5.32 Å². The van der Waals surface area contributed by atoms with Crippen molar-refractivity contribution in [3.05, 3.63) is 34.9 Å². The van der Waals surface area contributed by atoms with E-state index in [1.165, 1.54) is 5.56 Å². The first kappa shape index (κ1) is 17.4. The van der Waals surface area contributed by atoms with Crippen molar-refractivity contribution in [2.45, 2.75) is 19.4 Å². The number of halogens is 1. The van der Waals surface area contributed by atoms with Gasteiger partial charge >= 0.3 is 0 Å². The maximum Gasteiger partial charge on any atom is 0.0897 e. The van der Waals surface area contributed by atoms with Gasteiger partial charge in [-0.3, -0.25) is 0 Å². The highest BCUT2D eigenvalue weighted by atomic mass is 35.5. The average Bonchev–Trinajstić information content (AvgIpc) is 2.45. The highest BCUT2D eigenvalue weighted by Crippen LogP contribution is 2.09. The van der Waals surface area contributed by atoms with Crippen LogP contribution in [-0.2, 0) is 15.9 Å². The molecular formula is C15H24ClNO3. The third-order valence-corrected chi connectivity index (χ3v) is 3.02. The van der Waals surface area contributed by atoms with E-state index in [4.69, 9.17) is 21.1 Å². The molecule has 4 nitrogen and oxygen atoms in total. The molecule has 1 aromatic rings. The lowest BCUT2D eigenvalue weighted by Crippen LogP contribution is -2.32. The molecule has 0 aliphatic rings. The van der Waals surface area contributed by atoms with E-state index < -0.39 is 6.10 Å². The van der Waals surface area contributed by atoms with Gasteiger partial charge in [0, 0.05) is 18.2 Å². The lowest BCUT2D eigenvalue weighted by molar-refractivity contribution is 0.00660. The van der Waals surface area contributed by atoms with Crippen molar-refractivity contribution < 1.29 is 14.6 Å². The van der Waals surface area contributed by atoms with Crippen LogP contribution in [0.4, 0.5) is 0 Å². The summed E-state index contributed by atoms with van der Waals surface area (Å²) in [4.78, 5) is 0. The largest absolute Gasteiger partial charge is 0.389 e. The Bertz CT molecular complexity index is 345. The molecule has 0 bridgehead atoms. The summed E-state index contributed by atoms with van der Waals surface area (Å²) < 4.78 is 10.4. The van der Waals surface area contributed by atoms with Crippen LogP contribution in [-0.4, -0.2) is 50.7 Å². The quantitative estimate of drug-likeness (QED) is 0.613. The zero-order valence-corrected chi connectivity index (χ0v) is 12.7. The van der Waals surface area contributed by atoms with Gasteiger partial charge in [0.2, 0.25) is 0 Å². The first-order valence-electron chi connectivity index (χ1n) is 7.01. The van der Waals surface area contributed by atoms with Gasteiger partial charge < -0.3 is 19.9 Å². The zero-order chi connectivity index (χ0) is 14.6. The molecule has 114 valence electrons. The standard InChI is InChI=1S/C15H24ClNO3/c1-2-19-9-10-20-12-15(18)11-17-8-7-13-3-5-14(16)6-4-13/h3-6,15,17-18H,2,7-12H2,1H3. The number of benzene rings is 1. The van der Waals surface area contributed by atoms with Gasteiger partial charge in [0.1, 0.15) is 0 Å². The number of hydrogen-bond donors (Lipinski definition) is 2. The number of nitrogens with one attached hydrogen (secondary N) is 1. The smallest absolute Gasteiger partial charge is 0.0897 e. The molecule has 0 saturated heterocycles. The Kier molecular flexibility index (Phi) is 9.62. The molecule has 0 spiro atoms. The Hall–Kier alpha value is -0.650. The predicted octanol–water partition coefficient (Wildman–Crippen LogP) is 1.89. The average molecular weight is 302 g/mol. The van der Waals surface area contributed by atoms with Crippen LogP contribution in [0.15, 0.2) is 24.3 Å². The maximum absolute atomic E-state index is 9.69. The minimum atomic E-state index is -0.484. The van der Waals surface area contributed by atoms with Crippen molar-refractivity contribution in [3.8, 4) is 0 Å². The van der Waals surface area contributed by atoms with Gasteiger partial charge in [0.25, 0.3) is 0 Å². The van der Waals surface area contributed by atoms with Crippen molar-refractivity contribution >= 4 is 11.6 Å². The summed E-state index contributed by atoms with van der Waals surface area (Å²) in [5.74, 6) is 0. The first-order chi connectivity index (χ1) is 9.72. The highest BCUT2D eigenvalue weighted by Gasteiger charge is 2.03. The monoisotopic (exact) mass is 301 g/mol. The van der Waals surface area contributed by atoms with Crippen LogP contribution in [0.5, 0.6) is 0 Å². The van der Waals surface area contributed by atoms with Crippen LogP contribution in [0.2, 0.25) is 5.02 Å². The molecule has 2 N–H and O–H groups in total. The Labute approximate surface area is 126 Å². The minimum absolute atomic E-state index is 0.334. The summed E-state index contributed by atoms with van der Waals surface area (Å²) in [6.07, 6.45) is 0.427. The Morgan fingerprint density at radius 3 is 2.60 bits per heavy atom. The van der Waals surface area contributed by atoms with Gasteiger partial charge in [-0.05, 0) is 37.6 Å². The Morgan fingerprint density at radius 1 is 1.20 bits per heavy atom. The maximum atomic E-state index is 9.69. The molecule has 0 amide bonds. The van der Waals surface area contributed by atoms with Crippen LogP contribution in [0.3, 0.4) is 0 Å². The van der Waals surface area contributed by atoms with Crippen molar-refractivity contribution in [3.63, 3.8) is 0 Å². The number of aliphatic hydroxyl groups excluding tert-OH is 1. The molecule has 1 aromatic carbocycles. The van der Waals surface area contributed by atoms with E-state index in [0.29, 0.717) is 33.0 Å². The minimum Gasteiger partial charge on any atom is -0.389 e. The molecule has 0 radical (unpaired) electrons. The van der Waals surface area contributed by atoms with E-state index in [1.807, 2.05) is 31.2 Å². The fraction of sp³-hybridized carbons (Fsp3) is 0.600. The summed E-state index contributed by atoms with van der Waals surface area (Å²) >= 11 is 5.82. The van der Waals surface area contributed by atoms with Crippen molar-refractivity contribution in [2.24, 2.45) is 0 Å². The molecule has 0 heterocycles. The molecule has 0 aromatic heterocycles. The second-order valence-corrected chi connectivity index (χ2v) is 4.94. The Balaban J connectivity index is 1.98. The number of ether oxygens (including phenoxy) is 2. The van der Waals surface area contributed by atoms with Crippen LogP contribution in [0, 0.1) is 0 Å². The molecule has 1 unspecified atom stereocenters. The molecule has 0 saturated carbocycles. The van der Waals surface area contributed by atoms with Crippen LogP contribution in [0.25, 0.3) is 0 Å². The number of aliphatic hydroxyl groups is 1. The van der Waals surface area contributed by atoms with Crippen molar-refractivity contribution in [1.29, 1.82) is 0 Å². The van der Waals surface area contributed by atoms with Crippen molar-refractivity contribution in [2.75, 3.05) is 39.5 Å². The lowest BCUT2D eigenvalue weighted by Gasteiger charge is -2.12. The van der Waals surface area contributed by atoms with Gasteiger partial charge in [-0.1, -0.05) is 23.7 Å². The van der Waals surface area contributed by atoms with Gasteiger partial charge in [-0.25, -0.2) is 0 Å². The van der Waals surface area contributed by atoms with Gasteiger partial charge in [0.15, 0.2) is 0 Å². The second-order valence-electron chi connectivity index (χ2n) is 4.51. The predicted molar refractivity (Wildman–Crippen MR) is 81.3 cm³/mol. The Morgan fingerprint density at radius 2 is 1.90 bits per heavy atom. The van der Waals surface area contributed by atoms with Gasteiger partial charge in [-0.15, -0.1) is 0 Å². The number of hydrogen-bond acceptors (Lipinski definition) is 4. The third kappa shape index (κ3) is 8.51. The van der Waals surface area contributed by atoms with Crippen LogP contribution >= 0.6 is 11.6 Å². The second kappa shape index (κ2) is 11.1. The molecule has 5 heteroatoms. The fourth-order valence-electron chi connectivity index (χ4n) is 1.69. The first-order valence-corrected chi connectivity index (χ1v) is 7.39. The zero-order valence-electron chi connectivity index (χ0n) is 12.0. The van der Waals surface area contributed by atoms with Crippen LogP contribution < -0.4 is 5.32 Å². The summed E-state index contributed by atoms with van der Waals surface area (Å²) in [6.45, 7) is 5.42. The molecule has 1 rings (SSSR count). The SMILES string of the molecule is CCOCCOCC(O)CNCCc1ccc(Cl)cc1. The normalized spacial score (nSPS) is 12.6. The molecule has 20 heavy (non-hydrogen) atoms. The van der Waals surface area contributed by atoms with E-state index in [9.17, 15) is 5.11 Å². The molecule has 1 atom stereocenters. The summed E-state index contributed by atoms with van der Waals surface area (Å²) in [7, 11) is 0. The van der Waals surface area contributed by atoms with Crippen molar-refractivity contribution in [1.82, 2.24) is 5.32 Å². The van der Waals surface area contributed by atoms with E-state index in [-0.39, 0.29) is 0 Å². The lowest BCUT2D eigenvalue weighted by atomic mass is 10.1.